The van der Waals surface area contributed by atoms with Crippen molar-refractivity contribution >= 4 is 17.1 Å². The van der Waals surface area contributed by atoms with Crippen LogP contribution in [0, 0.1) is 0 Å². The summed E-state index contributed by atoms with van der Waals surface area (Å²) in [6.07, 6.45) is 8.93. The number of hydrogen-bond donors (Lipinski definition) is 0. The standard InChI is InChI=1S/C27H35N11O2/c1-20-4-5-22(39-12-10-36-8-6-34(2)7-9-36)15-29-26(20)37-11-13-40-23(18-37)19-38-27-25(32-33-38)28-16-24(31-27)21-14-30-35(3)17-21/h5,14-17,23H,6-13,18-19H2,1-3H3. The summed E-state index contributed by atoms with van der Waals surface area (Å²) in [5.74, 6) is 1.61. The Kier molecular flexibility index (Phi) is 7.69. The van der Waals surface area contributed by atoms with E-state index in [-0.39, 0.29) is 6.10 Å². The van der Waals surface area contributed by atoms with Crippen molar-refractivity contribution in [2.75, 3.05) is 66.1 Å². The molecule has 0 amide bonds. The van der Waals surface area contributed by atoms with Crippen molar-refractivity contribution in [3.63, 3.8) is 0 Å². The zero-order valence-electron chi connectivity index (χ0n) is 23.3. The van der Waals surface area contributed by atoms with Crippen LogP contribution in [-0.2, 0) is 23.1 Å². The van der Waals surface area contributed by atoms with E-state index in [1.807, 2.05) is 26.2 Å². The number of nitrogens with zero attached hydrogens (tertiary/aromatic N) is 11. The molecule has 40 heavy (non-hydrogen) atoms. The molecule has 0 spiro atoms. The van der Waals surface area contributed by atoms with E-state index in [4.69, 9.17) is 19.5 Å². The van der Waals surface area contributed by atoms with Crippen LogP contribution in [0.4, 0.5) is 0 Å². The van der Waals surface area contributed by atoms with Gasteiger partial charge in [-0.15, -0.1) is 10.8 Å². The Bertz CT molecular complexity index is 1470. The van der Waals surface area contributed by atoms with Crippen molar-refractivity contribution in [1.29, 1.82) is 0 Å². The third-order valence-corrected chi connectivity index (χ3v) is 7.40. The van der Waals surface area contributed by atoms with Crippen LogP contribution >= 0.6 is 0 Å². The maximum absolute atomic E-state index is 6.11. The van der Waals surface area contributed by atoms with Gasteiger partial charge in [0.15, 0.2) is 5.65 Å². The largest absolute Gasteiger partial charge is 0.490 e. The number of aliphatic imine (C=N–C) groups is 1. The monoisotopic (exact) mass is 545 g/mol. The summed E-state index contributed by atoms with van der Waals surface area (Å²) in [6.45, 7) is 10.4. The Balaban J connectivity index is 1.10. The molecule has 13 heteroatoms. The summed E-state index contributed by atoms with van der Waals surface area (Å²) < 4.78 is 15.7. The number of hydrogen-bond acceptors (Lipinski definition) is 11. The van der Waals surface area contributed by atoms with Gasteiger partial charge in [-0.05, 0) is 14.0 Å². The van der Waals surface area contributed by atoms with Crippen LogP contribution in [0.3, 0.4) is 0 Å². The van der Waals surface area contributed by atoms with E-state index in [1.54, 1.807) is 28.0 Å². The van der Waals surface area contributed by atoms with Gasteiger partial charge in [0.1, 0.15) is 18.2 Å². The molecular weight excluding hydrogens is 510 g/mol. The van der Waals surface area contributed by atoms with E-state index >= 15 is 0 Å². The molecule has 0 saturated carbocycles. The molecular formula is C27H35N11O2. The lowest BCUT2D eigenvalue weighted by molar-refractivity contribution is -0.0156. The number of aryl methyl sites for hydroxylation is 1. The summed E-state index contributed by atoms with van der Waals surface area (Å²) in [7, 11) is 4.04. The molecule has 2 saturated heterocycles. The summed E-state index contributed by atoms with van der Waals surface area (Å²) in [5.41, 5.74) is 7.06. The fourth-order valence-corrected chi connectivity index (χ4v) is 5.05. The molecule has 6 heterocycles. The molecule has 210 valence electrons. The van der Waals surface area contributed by atoms with E-state index in [9.17, 15) is 0 Å². The van der Waals surface area contributed by atoms with Crippen molar-refractivity contribution in [3.8, 4) is 11.3 Å². The van der Waals surface area contributed by atoms with Gasteiger partial charge in [0, 0.05) is 76.3 Å². The second-order valence-electron chi connectivity index (χ2n) is 10.4. The summed E-state index contributed by atoms with van der Waals surface area (Å²) in [6, 6.07) is 0. The molecule has 2 fully saturated rings. The molecule has 6 rings (SSSR count). The topological polar surface area (TPSA) is 115 Å². The molecule has 0 N–H and O–H groups in total. The minimum absolute atomic E-state index is 0.117. The first kappa shape index (κ1) is 26.3. The number of allylic oxidation sites excluding steroid dienone is 1. The number of piperazine rings is 1. The van der Waals surface area contributed by atoms with Crippen molar-refractivity contribution in [3.05, 3.63) is 47.9 Å². The van der Waals surface area contributed by atoms with Gasteiger partial charge in [-0.25, -0.2) is 19.6 Å². The zero-order valence-corrected chi connectivity index (χ0v) is 23.3. The van der Waals surface area contributed by atoms with Gasteiger partial charge in [0.25, 0.3) is 0 Å². The first-order valence-corrected chi connectivity index (χ1v) is 13.7. The number of fused-ring (bicyclic) bond motifs is 1. The molecule has 0 aliphatic carbocycles. The summed E-state index contributed by atoms with van der Waals surface area (Å²) >= 11 is 0. The lowest BCUT2D eigenvalue weighted by Crippen LogP contribution is -2.47. The van der Waals surface area contributed by atoms with Crippen molar-refractivity contribution in [2.24, 2.45) is 12.0 Å². The molecule has 3 aromatic rings. The van der Waals surface area contributed by atoms with Gasteiger partial charge in [0.2, 0.25) is 5.65 Å². The SMILES string of the molecule is CC1=C=CC(OCCN2CCN(C)CC2)=CN=C1N1CCOC(Cn2nnc3ncc(-c4cnn(C)c4)nc32)C1. The van der Waals surface area contributed by atoms with E-state index in [2.05, 4.69) is 47.9 Å². The average Bonchev–Trinajstić information content (AvgIpc) is 3.53. The van der Waals surface area contributed by atoms with Gasteiger partial charge < -0.3 is 19.3 Å². The molecule has 3 aliphatic rings. The third kappa shape index (κ3) is 5.97. The van der Waals surface area contributed by atoms with Crippen molar-refractivity contribution in [1.82, 2.24) is 49.4 Å². The van der Waals surface area contributed by atoms with E-state index in [0.29, 0.717) is 37.6 Å². The van der Waals surface area contributed by atoms with Gasteiger partial charge in [-0.3, -0.25) is 9.58 Å². The Morgan fingerprint density at radius 3 is 2.83 bits per heavy atom. The quantitative estimate of drug-likeness (QED) is 0.397. The smallest absolute Gasteiger partial charge is 0.221 e. The third-order valence-electron chi connectivity index (χ3n) is 7.40. The highest BCUT2D eigenvalue weighted by Crippen LogP contribution is 2.19. The van der Waals surface area contributed by atoms with Crippen LogP contribution in [-0.4, -0.2) is 127 Å². The number of rotatable bonds is 7. The molecule has 13 nitrogen and oxygen atoms in total. The predicted octanol–water partition coefficient (Wildman–Crippen LogP) is 0.942. The summed E-state index contributed by atoms with van der Waals surface area (Å²) in [5, 5.41) is 12.7. The number of likely N-dealkylation sites (N-methyl/N-ethyl adjacent to an activating group) is 1. The van der Waals surface area contributed by atoms with Crippen LogP contribution in [0.1, 0.15) is 6.92 Å². The van der Waals surface area contributed by atoms with E-state index < -0.39 is 0 Å². The van der Waals surface area contributed by atoms with E-state index in [0.717, 1.165) is 67.7 Å². The number of morpholine rings is 1. The van der Waals surface area contributed by atoms with Crippen molar-refractivity contribution < 1.29 is 9.47 Å². The molecule has 0 aromatic carbocycles. The first-order valence-electron chi connectivity index (χ1n) is 13.7. The second-order valence-corrected chi connectivity index (χ2v) is 10.4. The fraction of sp³-hybridized carbons (Fsp3) is 0.519. The average molecular weight is 546 g/mol. The second kappa shape index (κ2) is 11.7. The fourth-order valence-electron chi connectivity index (χ4n) is 5.05. The van der Waals surface area contributed by atoms with E-state index in [1.165, 1.54) is 0 Å². The lowest BCUT2D eigenvalue weighted by atomic mass is 10.2. The highest BCUT2D eigenvalue weighted by atomic mass is 16.5. The van der Waals surface area contributed by atoms with Gasteiger partial charge in [0.05, 0.1) is 43.5 Å². The number of amidine groups is 1. The van der Waals surface area contributed by atoms with Gasteiger partial charge in [-0.2, -0.15) is 5.10 Å². The normalized spacial score (nSPS) is 20.8. The molecule has 3 aromatic heterocycles. The lowest BCUT2D eigenvalue weighted by Gasteiger charge is -2.34. The van der Waals surface area contributed by atoms with Crippen LogP contribution in [0.2, 0.25) is 0 Å². The molecule has 3 aliphatic heterocycles. The number of ether oxygens (including phenoxy) is 2. The van der Waals surface area contributed by atoms with Gasteiger partial charge in [-0.1, -0.05) is 5.21 Å². The van der Waals surface area contributed by atoms with Crippen LogP contribution in [0.15, 0.2) is 52.9 Å². The molecule has 1 unspecified atom stereocenters. The molecule has 0 bridgehead atoms. The number of aromatic nitrogens is 7. The highest BCUT2D eigenvalue weighted by molar-refractivity contribution is 5.98. The zero-order chi connectivity index (χ0) is 27.5. The van der Waals surface area contributed by atoms with Crippen LogP contribution in [0.25, 0.3) is 22.6 Å². The first-order chi connectivity index (χ1) is 19.5. The maximum Gasteiger partial charge on any atom is 0.221 e. The Hall–Kier alpha value is -3.90. The predicted molar refractivity (Wildman–Crippen MR) is 149 cm³/mol. The highest BCUT2D eigenvalue weighted by Gasteiger charge is 2.26. The minimum atomic E-state index is -0.117. The minimum Gasteiger partial charge on any atom is -0.490 e. The Morgan fingerprint density at radius 2 is 2.00 bits per heavy atom. The summed E-state index contributed by atoms with van der Waals surface area (Å²) in [4.78, 5) is 21.0. The molecule has 1 atom stereocenters. The van der Waals surface area contributed by atoms with Gasteiger partial charge >= 0.3 is 0 Å². The van der Waals surface area contributed by atoms with Crippen LogP contribution < -0.4 is 0 Å². The Labute approximate surface area is 233 Å². The Morgan fingerprint density at radius 1 is 1.12 bits per heavy atom. The maximum atomic E-state index is 6.11. The van der Waals surface area contributed by atoms with Crippen molar-refractivity contribution in [2.45, 2.75) is 19.6 Å². The molecule has 0 radical (unpaired) electrons. The van der Waals surface area contributed by atoms with Crippen LogP contribution in [0.5, 0.6) is 0 Å².